The molecule has 1 heterocycles. The molecule has 0 aromatic heterocycles. The van der Waals surface area contributed by atoms with Gasteiger partial charge in [-0.25, -0.2) is 4.39 Å². The molecular formula is C29H32FN3O3. The monoisotopic (exact) mass is 489 g/mol. The van der Waals surface area contributed by atoms with Crippen molar-refractivity contribution in [3.05, 3.63) is 77.6 Å². The van der Waals surface area contributed by atoms with Crippen LogP contribution < -0.4 is 10.2 Å². The van der Waals surface area contributed by atoms with Gasteiger partial charge in [0.2, 0.25) is 11.8 Å². The van der Waals surface area contributed by atoms with Crippen molar-refractivity contribution in [2.75, 3.05) is 18.0 Å². The zero-order valence-electron chi connectivity index (χ0n) is 20.8. The highest BCUT2D eigenvalue weighted by Gasteiger charge is 2.31. The zero-order chi connectivity index (χ0) is 25.7. The Kier molecular flexibility index (Phi) is 7.98. The van der Waals surface area contributed by atoms with Crippen molar-refractivity contribution in [1.29, 1.82) is 0 Å². The lowest BCUT2D eigenvalue weighted by atomic mass is 10.1. The van der Waals surface area contributed by atoms with Crippen LogP contribution in [0, 0.1) is 5.82 Å². The number of amides is 3. The quantitative estimate of drug-likeness (QED) is 0.410. The molecule has 1 aliphatic heterocycles. The lowest BCUT2D eigenvalue weighted by Crippen LogP contribution is -2.49. The average molecular weight is 490 g/mol. The van der Waals surface area contributed by atoms with Crippen molar-refractivity contribution in [3.8, 4) is 0 Å². The number of carbonyl (C=O) groups is 3. The maximum atomic E-state index is 13.4. The predicted octanol–water partition coefficient (Wildman–Crippen LogP) is 5.05. The molecule has 6 nitrogen and oxygen atoms in total. The molecule has 0 aliphatic carbocycles. The van der Waals surface area contributed by atoms with E-state index >= 15 is 0 Å². The smallest absolute Gasteiger partial charge is 0.258 e. The SMILES string of the molecule is CCCNC(=O)[C@H](CC)N(Cc1ccc(F)cc1)C(=O)CCCN1C(=O)c2cccc3cccc1c23. The van der Waals surface area contributed by atoms with Crippen LogP contribution in [-0.2, 0) is 16.1 Å². The highest BCUT2D eigenvalue weighted by molar-refractivity contribution is 6.25. The van der Waals surface area contributed by atoms with Gasteiger partial charge in [0.05, 0.1) is 5.69 Å². The van der Waals surface area contributed by atoms with Crippen molar-refractivity contribution in [3.63, 3.8) is 0 Å². The van der Waals surface area contributed by atoms with Crippen molar-refractivity contribution in [1.82, 2.24) is 10.2 Å². The van der Waals surface area contributed by atoms with Gasteiger partial charge in [-0.2, -0.15) is 0 Å². The van der Waals surface area contributed by atoms with E-state index in [0.29, 0.717) is 31.5 Å². The Hall–Kier alpha value is -3.74. The lowest BCUT2D eigenvalue weighted by molar-refractivity contribution is -0.141. The molecule has 188 valence electrons. The van der Waals surface area contributed by atoms with Gasteiger partial charge < -0.3 is 15.1 Å². The topological polar surface area (TPSA) is 69.7 Å². The molecule has 3 amide bonds. The van der Waals surface area contributed by atoms with Crippen LogP contribution in [0.4, 0.5) is 10.1 Å². The van der Waals surface area contributed by atoms with E-state index in [9.17, 15) is 18.8 Å². The van der Waals surface area contributed by atoms with Crippen molar-refractivity contribution < 1.29 is 18.8 Å². The molecule has 7 heteroatoms. The third-order valence-corrected chi connectivity index (χ3v) is 6.62. The number of benzene rings is 3. The second-order valence-corrected chi connectivity index (χ2v) is 9.10. The number of nitrogens with zero attached hydrogens (tertiary/aromatic N) is 2. The van der Waals surface area contributed by atoms with E-state index in [1.54, 1.807) is 21.9 Å². The first-order chi connectivity index (χ1) is 17.4. The molecule has 1 N–H and O–H groups in total. The maximum absolute atomic E-state index is 13.4. The van der Waals surface area contributed by atoms with E-state index < -0.39 is 6.04 Å². The molecule has 3 aromatic rings. The van der Waals surface area contributed by atoms with E-state index in [1.807, 2.05) is 50.2 Å². The third-order valence-electron chi connectivity index (χ3n) is 6.62. The fourth-order valence-corrected chi connectivity index (χ4v) is 4.81. The van der Waals surface area contributed by atoms with Gasteiger partial charge in [0, 0.05) is 37.0 Å². The Morgan fingerprint density at radius 3 is 2.44 bits per heavy atom. The van der Waals surface area contributed by atoms with Gasteiger partial charge in [0.15, 0.2) is 0 Å². The minimum Gasteiger partial charge on any atom is -0.354 e. The van der Waals surface area contributed by atoms with Gasteiger partial charge in [-0.15, -0.1) is 0 Å². The van der Waals surface area contributed by atoms with Crippen LogP contribution in [0.15, 0.2) is 60.7 Å². The van der Waals surface area contributed by atoms with Gasteiger partial charge in [0.25, 0.3) is 5.91 Å². The van der Waals surface area contributed by atoms with Crippen LogP contribution in [0.3, 0.4) is 0 Å². The van der Waals surface area contributed by atoms with Gasteiger partial charge in [-0.05, 0) is 54.5 Å². The molecule has 0 radical (unpaired) electrons. The molecular weight excluding hydrogens is 457 g/mol. The summed E-state index contributed by atoms with van der Waals surface area (Å²) in [4.78, 5) is 42.7. The van der Waals surface area contributed by atoms with Crippen LogP contribution in [0.2, 0.25) is 0 Å². The van der Waals surface area contributed by atoms with Crippen molar-refractivity contribution >= 4 is 34.2 Å². The fourth-order valence-electron chi connectivity index (χ4n) is 4.81. The number of hydrogen-bond donors (Lipinski definition) is 1. The van der Waals surface area contributed by atoms with Crippen LogP contribution in [0.1, 0.15) is 55.5 Å². The zero-order valence-corrected chi connectivity index (χ0v) is 20.8. The molecule has 36 heavy (non-hydrogen) atoms. The molecule has 1 aliphatic rings. The molecule has 0 saturated heterocycles. The summed E-state index contributed by atoms with van der Waals surface area (Å²) in [6.45, 7) is 5.01. The predicted molar refractivity (Wildman–Crippen MR) is 139 cm³/mol. The summed E-state index contributed by atoms with van der Waals surface area (Å²) in [7, 11) is 0. The molecule has 3 aromatic carbocycles. The maximum Gasteiger partial charge on any atom is 0.258 e. The van der Waals surface area contributed by atoms with E-state index in [1.165, 1.54) is 12.1 Å². The molecule has 0 bridgehead atoms. The average Bonchev–Trinajstić information content (AvgIpc) is 3.16. The standard InChI is InChI=1S/C29H32FN3O3/c1-3-17-31-28(35)24(4-2)33(19-20-13-15-22(30)16-14-20)26(34)12-7-18-32-25-11-6-9-21-8-5-10-23(27(21)25)29(32)36/h5-6,8-11,13-16,24H,3-4,7,12,17-19H2,1-2H3,(H,31,35)/t24-/m0/s1. The minimum absolute atomic E-state index is 0.0530. The molecule has 0 saturated carbocycles. The van der Waals surface area contributed by atoms with Crippen LogP contribution in [0.5, 0.6) is 0 Å². The Bertz CT molecular complexity index is 1250. The third kappa shape index (κ3) is 5.25. The number of carbonyl (C=O) groups excluding carboxylic acids is 3. The van der Waals surface area contributed by atoms with Crippen LogP contribution >= 0.6 is 0 Å². The molecule has 0 spiro atoms. The van der Waals surface area contributed by atoms with Crippen LogP contribution in [-0.4, -0.2) is 41.8 Å². The molecule has 0 fully saturated rings. The van der Waals surface area contributed by atoms with E-state index in [0.717, 1.165) is 28.4 Å². The highest BCUT2D eigenvalue weighted by Crippen LogP contribution is 2.37. The van der Waals surface area contributed by atoms with Crippen molar-refractivity contribution in [2.24, 2.45) is 0 Å². The summed E-state index contributed by atoms with van der Waals surface area (Å²) >= 11 is 0. The second-order valence-electron chi connectivity index (χ2n) is 9.10. The lowest BCUT2D eigenvalue weighted by Gasteiger charge is -2.31. The van der Waals surface area contributed by atoms with Gasteiger partial charge in [-0.1, -0.05) is 50.2 Å². The van der Waals surface area contributed by atoms with E-state index in [4.69, 9.17) is 0 Å². The molecule has 1 atom stereocenters. The number of halogens is 1. The Morgan fingerprint density at radius 1 is 1.03 bits per heavy atom. The largest absolute Gasteiger partial charge is 0.354 e. The summed E-state index contributed by atoms with van der Waals surface area (Å²) in [5.74, 6) is -0.759. The van der Waals surface area contributed by atoms with E-state index in [-0.39, 0.29) is 36.5 Å². The first kappa shape index (κ1) is 25.4. The Morgan fingerprint density at radius 2 is 1.75 bits per heavy atom. The second kappa shape index (κ2) is 11.3. The van der Waals surface area contributed by atoms with Gasteiger partial charge in [0.1, 0.15) is 11.9 Å². The summed E-state index contributed by atoms with van der Waals surface area (Å²) in [5.41, 5.74) is 2.31. The van der Waals surface area contributed by atoms with Crippen LogP contribution in [0.25, 0.3) is 10.8 Å². The highest BCUT2D eigenvalue weighted by atomic mass is 19.1. The number of rotatable bonds is 11. The summed E-state index contributed by atoms with van der Waals surface area (Å²) < 4.78 is 13.4. The Labute approximate surface area is 211 Å². The first-order valence-corrected chi connectivity index (χ1v) is 12.6. The van der Waals surface area contributed by atoms with Gasteiger partial charge >= 0.3 is 0 Å². The minimum atomic E-state index is -0.625. The fraction of sp³-hybridized carbons (Fsp3) is 0.345. The number of nitrogens with one attached hydrogen (secondary N) is 1. The van der Waals surface area contributed by atoms with Gasteiger partial charge in [-0.3, -0.25) is 14.4 Å². The number of hydrogen-bond acceptors (Lipinski definition) is 3. The summed E-state index contributed by atoms with van der Waals surface area (Å²) in [6, 6.07) is 16.9. The normalized spacial score (nSPS) is 13.2. The first-order valence-electron chi connectivity index (χ1n) is 12.6. The number of anilines is 1. The Balaban J connectivity index is 1.47. The van der Waals surface area contributed by atoms with E-state index in [2.05, 4.69) is 5.32 Å². The molecule has 4 rings (SSSR count). The summed E-state index contributed by atoms with van der Waals surface area (Å²) in [5, 5.41) is 4.87. The molecule has 0 unspecified atom stereocenters. The van der Waals surface area contributed by atoms with Crippen molar-refractivity contribution in [2.45, 2.75) is 52.1 Å². The summed E-state index contributed by atoms with van der Waals surface area (Å²) in [6.07, 6.45) is 1.91.